The molecule has 0 bridgehead atoms. The molecule has 0 aliphatic carbocycles. The zero-order valence-corrected chi connectivity index (χ0v) is 11.4. The van der Waals surface area contributed by atoms with E-state index in [4.69, 9.17) is 4.74 Å². The normalized spacial score (nSPS) is 18.6. The summed E-state index contributed by atoms with van der Waals surface area (Å²) in [7, 11) is 0. The van der Waals surface area contributed by atoms with Crippen LogP contribution >= 0.6 is 0 Å². The summed E-state index contributed by atoms with van der Waals surface area (Å²) in [5.74, 6) is 0. The number of ether oxygens (including phenoxy) is 1. The first-order chi connectivity index (χ1) is 10.3. The molecule has 1 aromatic heterocycles. The Hall–Kier alpha value is -2.25. The number of nitrogens with one attached hydrogen (secondary N) is 2. The Morgan fingerprint density at radius 2 is 2.38 bits per heavy atom. The third kappa shape index (κ3) is 2.93. The van der Waals surface area contributed by atoms with Crippen LogP contribution in [0.25, 0.3) is 10.9 Å². The number of rotatable bonds is 4. The van der Waals surface area contributed by atoms with E-state index >= 15 is 0 Å². The number of fused-ring (bicyclic) bond motifs is 1. The van der Waals surface area contributed by atoms with Crippen LogP contribution in [0.4, 0.5) is 11.4 Å². The van der Waals surface area contributed by atoms with Gasteiger partial charge in [0.2, 0.25) is 0 Å². The topological polar surface area (TPSA) is 89.3 Å². The average Bonchev–Trinajstić information content (AvgIpc) is 2.53. The summed E-state index contributed by atoms with van der Waals surface area (Å²) < 4.78 is 5.40. The first-order valence-electron chi connectivity index (χ1n) is 6.83. The monoisotopic (exact) mass is 288 g/mol. The molecule has 7 nitrogen and oxygen atoms in total. The lowest BCUT2D eigenvalue weighted by atomic mass is 10.1. The van der Waals surface area contributed by atoms with Gasteiger partial charge in [-0.3, -0.25) is 10.1 Å². The van der Waals surface area contributed by atoms with Crippen molar-refractivity contribution in [1.82, 2.24) is 10.3 Å². The van der Waals surface area contributed by atoms with Crippen molar-refractivity contribution in [2.24, 2.45) is 0 Å². The van der Waals surface area contributed by atoms with Gasteiger partial charge in [0.05, 0.1) is 18.1 Å². The van der Waals surface area contributed by atoms with Gasteiger partial charge in [0, 0.05) is 42.5 Å². The highest BCUT2D eigenvalue weighted by atomic mass is 16.6. The maximum Gasteiger partial charge on any atom is 0.295 e. The molecule has 1 unspecified atom stereocenters. The largest absolute Gasteiger partial charge is 0.383 e. The molecular weight excluding hydrogens is 272 g/mol. The first kappa shape index (κ1) is 13.7. The fraction of sp³-hybridized carbons (Fsp3) is 0.357. The lowest BCUT2D eigenvalue weighted by Crippen LogP contribution is -2.45. The second kappa shape index (κ2) is 6.02. The van der Waals surface area contributed by atoms with Gasteiger partial charge in [-0.15, -0.1) is 0 Å². The van der Waals surface area contributed by atoms with E-state index in [1.165, 1.54) is 6.07 Å². The van der Waals surface area contributed by atoms with Crippen molar-refractivity contribution in [2.75, 3.05) is 31.6 Å². The molecule has 7 heteroatoms. The number of nitrogens with zero attached hydrogens (tertiary/aromatic N) is 2. The number of benzene rings is 1. The van der Waals surface area contributed by atoms with Gasteiger partial charge < -0.3 is 15.4 Å². The highest BCUT2D eigenvalue weighted by Crippen LogP contribution is 2.29. The fourth-order valence-corrected chi connectivity index (χ4v) is 2.44. The molecule has 3 rings (SSSR count). The van der Waals surface area contributed by atoms with Crippen molar-refractivity contribution in [3.8, 4) is 0 Å². The number of anilines is 1. The lowest BCUT2D eigenvalue weighted by molar-refractivity contribution is -0.383. The molecule has 1 aliphatic rings. The number of pyridine rings is 1. The minimum Gasteiger partial charge on any atom is -0.383 e. The van der Waals surface area contributed by atoms with Crippen molar-refractivity contribution in [3.05, 3.63) is 40.6 Å². The highest BCUT2D eigenvalue weighted by molar-refractivity contribution is 5.96. The second-order valence-electron chi connectivity index (χ2n) is 4.90. The Bertz CT molecular complexity index is 656. The number of morpholine rings is 1. The molecule has 0 spiro atoms. The van der Waals surface area contributed by atoms with E-state index in [1.54, 1.807) is 18.3 Å². The molecule has 1 aliphatic heterocycles. The Labute approximate surface area is 121 Å². The number of hydrogen-bond acceptors (Lipinski definition) is 6. The number of aromatic nitrogens is 1. The fourth-order valence-electron chi connectivity index (χ4n) is 2.44. The third-order valence-electron chi connectivity index (χ3n) is 3.48. The van der Waals surface area contributed by atoms with Crippen molar-refractivity contribution < 1.29 is 9.66 Å². The third-order valence-corrected chi connectivity index (χ3v) is 3.48. The molecule has 1 aromatic carbocycles. The lowest BCUT2D eigenvalue weighted by Gasteiger charge is -2.24. The first-order valence-corrected chi connectivity index (χ1v) is 6.83. The van der Waals surface area contributed by atoms with Crippen LogP contribution in [0.3, 0.4) is 0 Å². The van der Waals surface area contributed by atoms with E-state index in [1.807, 2.05) is 6.07 Å². The SMILES string of the molecule is O=[N+]([O-])c1ccc(NCC2COCCN2)c2cccnc12. The summed E-state index contributed by atoms with van der Waals surface area (Å²) >= 11 is 0. The van der Waals surface area contributed by atoms with Crippen molar-refractivity contribution in [2.45, 2.75) is 6.04 Å². The van der Waals surface area contributed by atoms with E-state index in [0.29, 0.717) is 18.7 Å². The minimum atomic E-state index is -0.407. The average molecular weight is 288 g/mol. The van der Waals surface area contributed by atoms with Crippen LogP contribution in [0.5, 0.6) is 0 Å². The zero-order chi connectivity index (χ0) is 14.7. The van der Waals surface area contributed by atoms with Crippen LogP contribution in [0.15, 0.2) is 30.5 Å². The highest BCUT2D eigenvalue weighted by Gasteiger charge is 2.17. The molecule has 1 fully saturated rings. The van der Waals surface area contributed by atoms with Crippen molar-refractivity contribution in [3.63, 3.8) is 0 Å². The molecule has 1 atom stereocenters. The Morgan fingerprint density at radius 3 is 3.14 bits per heavy atom. The molecule has 2 aromatic rings. The molecule has 0 amide bonds. The van der Waals surface area contributed by atoms with Gasteiger partial charge in [0.25, 0.3) is 5.69 Å². The van der Waals surface area contributed by atoms with Gasteiger partial charge in [-0.1, -0.05) is 0 Å². The Balaban J connectivity index is 1.85. The predicted molar refractivity (Wildman–Crippen MR) is 79.5 cm³/mol. The summed E-state index contributed by atoms with van der Waals surface area (Å²) in [6, 6.07) is 7.07. The molecule has 0 saturated carbocycles. The zero-order valence-electron chi connectivity index (χ0n) is 11.4. The van der Waals surface area contributed by atoms with Gasteiger partial charge in [0.15, 0.2) is 0 Å². The molecule has 2 heterocycles. The number of nitro groups is 1. The van der Waals surface area contributed by atoms with Gasteiger partial charge in [0.1, 0.15) is 5.52 Å². The van der Waals surface area contributed by atoms with Crippen LogP contribution in [0.2, 0.25) is 0 Å². The summed E-state index contributed by atoms with van der Waals surface area (Å²) in [6.45, 7) is 2.94. The summed E-state index contributed by atoms with van der Waals surface area (Å²) in [5, 5.41) is 18.5. The van der Waals surface area contributed by atoms with Crippen LogP contribution in [-0.2, 0) is 4.74 Å². The van der Waals surface area contributed by atoms with Crippen molar-refractivity contribution in [1.29, 1.82) is 0 Å². The maximum atomic E-state index is 11.1. The van der Waals surface area contributed by atoms with E-state index in [2.05, 4.69) is 15.6 Å². The summed E-state index contributed by atoms with van der Waals surface area (Å²) in [5.41, 5.74) is 1.27. The standard InChI is InChI=1S/C14H16N4O3/c19-18(20)13-4-3-12(11-2-1-5-16-14(11)13)17-8-10-9-21-7-6-15-10/h1-5,10,15,17H,6-9H2. The Morgan fingerprint density at radius 1 is 1.48 bits per heavy atom. The quantitative estimate of drug-likeness (QED) is 0.655. The number of nitro benzene ring substituents is 1. The second-order valence-corrected chi connectivity index (χ2v) is 4.90. The summed E-state index contributed by atoms with van der Waals surface area (Å²) in [4.78, 5) is 14.8. The maximum absolute atomic E-state index is 11.1. The smallest absolute Gasteiger partial charge is 0.295 e. The molecule has 1 saturated heterocycles. The van der Waals surface area contributed by atoms with E-state index in [9.17, 15) is 10.1 Å². The summed E-state index contributed by atoms with van der Waals surface area (Å²) in [6.07, 6.45) is 1.57. The van der Waals surface area contributed by atoms with Crippen LogP contribution < -0.4 is 10.6 Å². The molecule has 21 heavy (non-hydrogen) atoms. The van der Waals surface area contributed by atoms with E-state index in [0.717, 1.165) is 24.2 Å². The minimum absolute atomic E-state index is 0.0234. The Kier molecular flexibility index (Phi) is 3.94. The van der Waals surface area contributed by atoms with Crippen LogP contribution in [0, 0.1) is 10.1 Å². The number of hydrogen-bond donors (Lipinski definition) is 2. The molecule has 110 valence electrons. The number of non-ortho nitro benzene ring substituents is 1. The van der Waals surface area contributed by atoms with Gasteiger partial charge in [-0.25, -0.2) is 4.98 Å². The van der Waals surface area contributed by atoms with Crippen molar-refractivity contribution >= 4 is 22.3 Å². The van der Waals surface area contributed by atoms with Gasteiger partial charge in [-0.05, 0) is 18.2 Å². The van der Waals surface area contributed by atoms with Crippen LogP contribution in [-0.4, -0.2) is 42.3 Å². The van der Waals surface area contributed by atoms with Crippen LogP contribution in [0.1, 0.15) is 0 Å². The molecular formula is C14H16N4O3. The molecule has 2 N–H and O–H groups in total. The van der Waals surface area contributed by atoms with Gasteiger partial charge in [-0.2, -0.15) is 0 Å². The predicted octanol–water partition coefficient (Wildman–Crippen LogP) is 1.54. The molecule has 0 radical (unpaired) electrons. The van der Waals surface area contributed by atoms with Gasteiger partial charge >= 0.3 is 0 Å². The van der Waals surface area contributed by atoms with E-state index in [-0.39, 0.29) is 11.7 Å². The van der Waals surface area contributed by atoms with E-state index < -0.39 is 4.92 Å².